The normalized spacial score (nSPS) is 27.0. The Bertz CT molecular complexity index is 448. The van der Waals surface area contributed by atoms with Crippen LogP contribution in [0.25, 0.3) is 0 Å². The summed E-state index contributed by atoms with van der Waals surface area (Å²) in [6.45, 7) is 5.80. The van der Waals surface area contributed by atoms with Gasteiger partial charge in [0.05, 0.1) is 5.56 Å². The first-order chi connectivity index (χ1) is 7.65. The van der Waals surface area contributed by atoms with E-state index in [0.717, 1.165) is 11.6 Å². The van der Waals surface area contributed by atoms with Gasteiger partial charge in [0, 0.05) is 12.0 Å². The Morgan fingerprint density at radius 1 is 1.24 bits per heavy atom. The van der Waals surface area contributed by atoms with Gasteiger partial charge in [0.25, 0.3) is 0 Å². The monoisotopic (exact) mass is 243 g/mol. The zero-order valence-corrected chi connectivity index (χ0v) is 10.1. The average Bonchev–Trinajstić information content (AvgIpc) is 2.65. The summed E-state index contributed by atoms with van der Waals surface area (Å²) >= 11 is 0. The Balaban J connectivity index is 2.35. The van der Waals surface area contributed by atoms with Crippen LogP contribution in [-0.2, 0) is 6.18 Å². The second-order valence-corrected chi connectivity index (χ2v) is 5.39. The molecule has 2 atom stereocenters. The predicted molar refractivity (Wildman–Crippen MR) is 60.7 cm³/mol. The molecule has 0 aromatic heterocycles. The lowest BCUT2D eigenvalue weighted by atomic mass is 9.97. The van der Waals surface area contributed by atoms with E-state index in [0.29, 0.717) is 5.56 Å². The number of hydrogen-bond acceptors (Lipinski definition) is 1. The Morgan fingerprint density at radius 2 is 1.76 bits per heavy atom. The van der Waals surface area contributed by atoms with Gasteiger partial charge in [-0.2, -0.15) is 13.2 Å². The fraction of sp³-hybridized carbons (Fsp3) is 0.538. The van der Waals surface area contributed by atoms with Gasteiger partial charge in [0.15, 0.2) is 0 Å². The van der Waals surface area contributed by atoms with Crippen LogP contribution >= 0.6 is 0 Å². The quantitative estimate of drug-likeness (QED) is 0.803. The van der Waals surface area contributed by atoms with Crippen LogP contribution in [0, 0.1) is 12.3 Å². The van der Waals surface area contributed by atoms with Gasteiger partial charge >= 0.3 is 6.18 Å². The molecule has 2 N–H and O–H groups in total. The predicted octanol–water partition coefficient (Wildman–Crippen LogP) is 3.46. The number of halogens is 3. The molecule has 0 radical (unpaired) electrons. The van der Waals surface area contributed by atoms with E-state index in [4.69, 9.17) is 5.73 Å². The minimum absolute atomic E-state index is 0.00942. The van der Waals surface area contributed by atoms with Crippen molar-refractivity contribution in [1.82, 2.24) is 0 Å². The number of alkyl halides is 3. The van der Waals surface area contributed by atoms with Crippen molar-refractivity contribution < 1.29 is 13.2 Å². The molecule has 1 nitrogen and oxygen atoms in total. The number of rotatable bonds is 1. The SMILES string of the molecule is Cc1cc(C(F)(F)F)ccc1[C@@H]1[C@@H](N)C1(C)C. The van der Waals surface area contributed by atoms with Crippen LogP contribution in [0.3, 0.4) is 0 Å². The number of hydrogen-bond donors (Lipinski definition) is 1. The summed E-state index contributed by atoms with van der Waals surface area (Å²) in [5.41, 5.74) is 6.96. The topological polar surface area (TPSA) is 26.0 Å². The molecule has 0 bridgehead atoms. The second-order valence-electron chi connectivity index (χ2n) is 5.39. The van der Waals surface area contributed by atoms with Gasteiger partial charge in [-0.05, 0) is 35.6 Å². The summed E-state index contributed by atoms with van der Waals surface area (Å²) < 4.78 is 37.6. The Morgan fingerprint density at radius 3 is 2.12 bits per heavy atom. The van der Waals surface area contributed by atoms with E-state index in [1.54, 1.807) is 13.0 Å². The van der Waals surface area contributed by atoms with Crippen molar-refractivity contribution in [3.05, 3.63) is 34.9 Å². The van der Waals surface area contributed by atoms with Crippen molar-refractivity contribution in [3.8, 4) is 0 Å². The first-order valence-corrected chi connectivity index (χ1v) is 5.59. The maximum Gasteiger partial charge on any atom is 0.416 e. The van der Waals surface area contributed by atoms with Crippen LogP contribution in [0.1, 0.15) is 36.5 Å². The molecule has 17 heavy (non-hydrogen) atoms. The largest absolute Gasteiger partial charge is 0.416 e. The van der Waals surface area contributed by atoms with Crippen molar-refractivity contribution in [2.24, 2.45) is 11.1 Å². The lowest BCUT2D eigenvalue weighted by Gasteiger charge is -2.11. The molecular formula is C13H16F3N. The van der Waals surface area contributed by atoms with E-state index in [1.807, 2.05) is 13.8 Å². The Kier molecular flexibility index (Phi) is 2.54. The van der Waals surface area contributed by atoms with Crippen molar-refractivity contribution in [2.75, 3.05) is 0 Å². The van der Waals surface area contributed by atoms with Crippen molar-refractivity contribution in [3.63, 3.8) is 0 Å². The summed E-state index contributed by atoms with van der Waals surface area (Å²) in [5.74, 6) is 0.171. The van der Waals surface area contributed by atoms with Gasteiger partial charge in [-0.15, -0.1) is 0 Å². The molecular weight excluding hydrogens is 227 g/mol. The molecule has 0 saturated heterocycles. The summed E-state index contributed by atoms with van der Waals surface area (Å²) in [7, 11) is 0. The van der Waals surface area contributed by atoms with Gasteiger partial charge in [0.1, 0.15) is 0 Å². The van der Waals surface area contributed by atoms with Crippen LogP contribution in [0.5, 0.6) is 0 Å². The van der Waals surface area contributed by atoms with E-state index in [1.165, 1.54) is 6.07 Å². The molecule has 2 rings (SSSR count). The maximum atomic E-state index is 12.5. The van der Waals surface area contributed by atoms with Gasteiger partial charge in [-0.1, -0.05) is 19.9 Å². The third-order valence-corrected chi connectivity index (χ3v) is 3.84. The van der Waals surface area contributed by atoms with E-state index < -0.39 is 11.7 Å². The maximum absolute atomic E-state index is 12.5. The zero-order valence-electron chi connectivity index (χ0n) is 10.1. The molecule has 0 unspecified atom stereocenters. The van der Waals surface area contributed by atoms with E-state index in [9.17, 15) is 13.2 Å². The van der Waals surface area contributed by atoms with Gasteiger partial charge in [-0.3, -0.25) is 0 Å². The highest BCUT2D eigenvalue weighted by Gasteiger charge is 2.56. The molecule has 4 heteroatoms. The van der Waals surface area contributed by atoms with Crippen LogP contribution < -0.4 is 5.73 Å². The highest BCUT2D eigenvalue weighted by molar-refractivity contribution is 5.42. The molecule has 1 saturated carbocycles. The smallest absolute Gasteiger partial charge is 0.327 e. The minimum Gasteiger partial charge on any atom is -0.327 e. The molecule has 0 amide bonds. The fourth-order valence-electron chi connectivity index (χ4n) is 2.47. The Labute approximate surface area is 98.8 Å². The second kappa shape index (κ2) is 3.48. The molecule has 1 aromatic rings. The summed E-state index contributed by atoms with van der Waals surface area (Å²) in [4.78, 5) is 0. The lowest BCUT2D eigenvalue weighted by Crippen LogP contribution is -2.07. The zero-order chi connectivity index (χ0) is 13.0. The van der Waals surface area contributed by atoms with Crippen molar-refractivity contribution in [1.29, 1.82) is 0 Å². The number of benzene rings is 1. The molecule has 1 aromatic carbocycles. The summed E-state index contributed by atoms with van der Waals surface area (Å²) in [5, 5.41) is 0. The number of aryl methyl sites for hydroxylation is 1. The molecule has 0 aliphatic heterocycles. The number of nitrogens with two attached hydrogens (primary N) is 1. The van der Waals surface area contributed by atoms with E-state index in [-0.39, 0.29) is 17.4 Å². The third-order valence-electron chi connectivity index (χ3n) is 3.84. The van der Waals surface area contributed by atoms with Crippen LogP contribution in [-0.4, -0.2) is 6.04 Å². The minimum atomic E-state index is -4.27. The molecule has 1 aliphatic carbocycles. The lowest BCUT2D eigenvalue weighted by molar-refractivity contribution is -0.137. The van der Waals surface area contributed by atoms with Crippen LogP contribution in [0.15, 0.2) is 18.2 Å². The Hall–Kier alpha value is -1.03. The standard InChI is InChI=1S/C13H16F3N/c1-7-6-8(13(14,15)16)4-5-9(7)10-11(17)12(10,2)3/h4-6,10-11H,17H2,1-3H3/t10-,11-/m1/s1. The van der Waals surface area contributed by atoms with Crippen LogP contribution in [0.2, 0.25) is 0 Å². The first-order valence-electron chi connectivity index (χ1n) is 5.59. The van der Waals surface area contributed by atoms with Crippen molar-refractivity contribution in [2.45, 2.75) is 38.9 Å². The molecule has 0 spiro atoms. The molecule has 94 valence electrons. The third kappa shape index (κ3) is 1.95. The van der Waals surface area contributed by atoms with Crippen LogP contribution in [0.4, 0.5) is 13.2 Å². The van der Waals surface area contributed by atoms with Gasteiger partial charge < -0.3 is 5.73 Å². The highest BCUT2D eigenvalue weighted by atomic mass is 19.4. The molecule has 1 fully saturated rings. The molecule has 1 aliphatic rings. The molecule has 0 heterocycles. The first kappa shape index (κ1) is 12.4. The summed E-state index contributed by atoms with van der Waals surface area (Å²) in [6, 6.07) is 3.95. The average molecular weight is 243 g/mol. The van der Waals surface area contributed by atoms with E-state index in [2.05, 4.69) is 0 Å². The van der Waals surface area contributed by atoms with Crippen molar-refractivity contribution >= 4 is 0 Å². The van der Waals surface area contributed by atoms with E-state index >= 15 is 0 Å². The highest BCUT2D eigenvalue weighted by Crippen LogP contribution is 2.58. The van der Waals surface area contributed by atoms with Gasteiger partial charge in [0.2, 0.25) is 0 Å². The van der Waals surface area contributed by atoms with Gasteiger partial charge in [-0.25, -0.2) is 0 Å². The summed E-state index contributed by atoms with van der Waals surface area (Å²) in [6.07, 6.45) is -4.27. The fourth-order valence-corrected chi connectivity index (χ4v) is 2.47.